The first-order valence-corrected chi connectivity index (χ1v) is 11.1. The first kappa shape index (κ1) is 26.2. The molecule has 1 aromatic rings. The van der Waals surface area contributed by atoms with Gasteiger partial charge in [0.15, 0.2) is 5.96 Å². The first-order valence-electron chi connectivity index (χ1n) is 11.1. The van der Waals surface area contributed by atoms with E-state index < -0.39 is 5.60 Å². The van der Waals surface area contributed by atoms with Crippen LogP contribution in [0.1, 0.15) is 51.7 Å². The molecule has 2 heterocycles. The number of likely N-dealkylation sites (tertiary alicyclic amines) is 1. The Morgan fingerprint density at radius 2 is 1.75 bits per heavy atom. The van der Waals surface area contributed by atoms with E-state index in [-0.39, 0.29) is 42.0 Å². The van der Waals surface area contributed by atoms with Crippen LogP contribution in [-0.4, -0.2) is 65.6 Å². The summed E-state index contributed by atoms with van der Waals surface area (Å²) in [5, 5.41) is 6.58. The van der Waals surface area contributed by atoms with Gasteiger partial charge >= 0.3 is 6.09 Å². The fraction of sp³-hybridized carbons (Fsp3) is 0.609. The molecule has 2 amide bonds. The predicted molar refractivity (Wildman–Crippen MR) is 136 cm³/mol. The van der Waals surface area contributed by atoms with Crippen molar-refractivity contribution in [2.24, 2.45) is 4.99 Å². The molecule has 9 heteroatoms. The number of nitrogens with one attached hydrogen (secondary N) is 2. The van der Waals surface area contributed by atoms with Crippen molar-refractivity contribution >= 4 is 41.9 Å². The van der Waals surface area contributed by atoms with Crippen LogP contribution in [0.15, 0.2) is 29.3 Å². The number of halogens is 1. The van der Waals surface area contributed by atoms with Crippen LogP contribution in [-0.2, 0) is 22.6 Å². The fourth-order valence-electron chi connectivity index (χ4n) is 3.65. The third kappa shape index (κ3) is 7.53. The zero-order valence-corrected chi connectivity index (χ0v) is 21.8. The second-order valence-electron chi connectivity index (χ2n) is 9.11. The number of carbonyl (C=O) groups excluding carboxylic acids is 2. The second kappa shape index (κ2) is 11.7. The Hall–Kier alpha value is -2.04. The van der Waals surface area contributed by atoms with Crippen LogP contribution < -0.4 is 10.6 Å². The predicted octanol–water partition coefficient (Wildman–Crippen LogP) is 3.10. The number of carbonyl (C=O) groups is 2. The van der Waals surface area contributed by atoms with E-state index in [0.29, 0.717) is 45.6 Å². The average molecular weight is 557 g/mol. The van der Waals surface area contributed by atoms with Gasteiger partial charge in [-0.25, -0.2) is 4.79 Å². The molecule has 2 aliphatic rings. The lowest BCUT2D eigenvalue weighted by Gasteiger charge is -2.40. The zero-order valence-electron chi connectivity index (χ0n) is 19.5. The Morgan fingerprint density at radius 1 is 1.12 bits per heavy atom. The molecule has 0 aromatic heterocycles. The van der Waals surface area contributed by atoms with Crippen LogP contribution in [0.2, 0.25) is 0 Å². The molecule has 1 fully saturated rings. The molecular weight excluding hydrogens is 521 g/mol. The van der Waals surface area contributed by atoms with Gasteiger partial charge in [-0.1, -0.05) is 24.3 Å². The molecule has 0 saturated carbocycles. The summed E-state index contributed by atoms with van der Waals surface area (Å²) in [6.07, 6.45) is 0.916. The van der Waals surface area contributed by atoms with Crippen LogP contribution in [0.4, 0.5) is 4.79 Å². The second-order valence-corrected chi connectivity index (χ2v) is 9.11. The van der Waals surface area contributed by atoms with E-state index in [1.54, 1.807) is 4.90 Å². The topological polar surface area (TPSA) is 86.3 Å². The molecule has 1 aromatic carbocycles. The summed E-state index contributed by atoms with van der Waals surface area (Å²) < 4.78 is 5.38. The average Bonchev–Trinajstić information content (AvgIpc) is 3.10. The monoisotopic (exact) mass is 557 g/mol. The van der Waals surface area contributed by atoms with Crippen molar-refractivity contribution in [1.29, 1.82) is 0 Å². The Kier molecular flexibility index (Phi) is 9.60. The van der Waals surface area contributed by atoms with Gasteiger partial charge in [0.05, 0.1) is 6.04 Å². The number of hydrogen-bond acceptors (Lipinski definition) is 4. The molecule has 8 nitrogen and oxygen atoms in total. The quantitative estimate of drug-likeness (QED) is 0.243. The van der Waals surface area contributed by atoms with Crippen molar-refractivity contribution in [3.8, 4) is 0 Å². The fourth-order valence-corrected chi connectivity index (χ4v) is 3.65. The summed E-state index contributed by atoms with van der Waals surface area (Å²) >= 11 is 0. The number of guanidine groups is 1. The number of nitrogens with zero attached hydrogens (tertiary/aromatic N) is 3. The van der Waals surface area contributed by atoms with Gasteiger partial charge in [-0.2, -0.15) is 0 Å². The Labute approximate surface area is 208 Å². The number of amides is 2. The molecule has 2 N–H and O–H groups in total. The van der Waals surface area contributed by atoms with Crippen LogP contribution in [0, 0.1) is 0 Å². The summed E-state index contributed by atoms with van der Waals surface area (Å²) in [7, 11) is 0. The minimum atomic E-state index is -0.485. The van der Waals surface area contributed by atoms with E-state index in [1.807, 2.05) is 44.7 Å². The van der Waals surface area contributed by atoms with Crippen molar-refractivity contribution in [1.82, 2.24) is 20.4 Å². The van der Waals surface area contributed by atoms with E-state index in [9.17, 15) is 9.59 Å². The molecule has 0 spiro atoms. The number of ether oxygens (including phenoxy) is 1. The molecular formula is C23H36IN5O3. The lowest BCUT2D eigenvalue weighted by Crippen LogP contribution is -2.63. The van der Waals surface area contributed by atoms with Crippen LogP contribution >= 0.6 is 24.0 Å². The Morgan fingerprint density at radius 3 is 2.31 bits per heavy atom. The summed E-state index contributed by atoms with van der Waals surface area (Å²) in [5.41, 5.74) is 2.00. The Balaban J connectivity index is 0.00000363. The van der Waals surface area contributed by atoms with E-state index in [0.717, 1.165) is 12.5 Å². The van der Waals surface area contributed by atoms with Gasteiger partial charge in [0.1, 0.15) is 5.60 Å². The third-order valence-corrected chi connectivity index (χ3v) is 5.23. The zero-order chi connectivity index (χ0) is 22.4. The minimum Gasteiger partial charge on any atom is -0.444 e. The minimum absolute atomic E-state index is 0. The van der Waals surface area contributed by atoms with Gasteiger partial charge in [0.2, 0.25) is 5.91 Å². The smallest absolute Gasteiger partial charge is 0.410 e. The molecule has 178 valence electrons. The van der Waals surface area contributed by atoms with Crippen molar-refractivity contribution in [3.63, 3.8) is 0 Å². The van der Waals surface area contributed by atoms with Gasteiger partial charge < -0.3 is 25.2 Å². The number of aliphatic imine (C=N–C) groups is 1. The number of rotatable bonds is 6. The highest BCUT2D eigenvalue weighted by Gasteiger charge is 2.34. The maximum absolute atomic E-state index is 12.5. The third-order valence-electron chi connectivity index (χ3n) is 5.23. The summed E-state index contributed by atoms with van der Waals surface area (Å²) in [5.74, 6) is 0.897. The molecule has 0 unspecified atom stereocenters. The summed E-state index contributed by atoms with van der Waals surface area (Å²) in [6, 6.07) is 8.37. The maximum Gasteiger partial charge on any atom is 0.410 e. The molecule has 2 aliphatic heterocycles. The van der Waals surface area contributed by atoms with E-state index in [1.165, 1.54) is 11.1 Å². The molecule has 3 rings (SSSR count). The van der Waals surface area contributed by atoms with Gasteiger partial charge in [-0.3, -0.25) is 9.79 Å². The number of benzene rings is 1. The van der Waals surface area contributed by atoms with Crippen LogP contribution in [0.25, 0.3) is 0 Å². The van der Waals surface area contributed by atoms with E-state index in [4.69, 9.17) is 4.74 Å². The van der Waals surface area contributed by atoms with Crippen molar-refractivity contribution in [2.75, 3.05) is 26.2 Å². The molecule has 0 radical (unpaired) electrons. The largest absolute Gasteiger partial charge is 0.444 e. The molecule has 1 saturated heterocycles. The van der Waals surface area contributed by atoms with Crippen molar-refractivity contribution in [2.45, 2.75) is 65.3 Å². The highest BCUT2D eigenvalue weighted by molar-refractivity contribution is 14.0. The molecule has 0 aliphatic carbocycles. The van der Waals surface area contributed by atoms with Gasteiger partial charge in [0, 0.05) is 45.7 Å². The Bertz CT molecular complexity index is 793. The van der Waals surface area contributed by atoms with E-state index >= 15 is 0 Å². The molecule has 32 heavy (non-hydrogen) atoms. The van der Waals surface area contributed by atoms with Gasteiger partial charge in [-0.05, 0) is 45.2 Å². The number of fused-ring (bicyclic) bond motifs is 1. The lowest BCUT2D eigenvalue weighted by molar-refractivity contribution is -0.131. The molecule has 0 bridgehead atoms. The summed E-state index contributed by atoms with van der Waals surface area (Å²) in [4.78, 5) is 32.7. The highest BCUT2D eigenvalue weighted by Crippen LogP contribution is 2.23. The highest BCUT2D eigenvalue weighted by atomic mass is 127. The van der Waals surface area contributed by atoms with Crippen LogP contribution in [0.3, 0.4) is 0 Å². The normalized spacial score (nSPS) is 16.1. The van der Waals surface area contributed by atoms with Gasteiger partial charge in [-0.15, -0.1) is 24.0 Å². The SMILES string of the molecule is CCNC(=NCCCC(=O)N1Cc2ccccc2C1)NC1CN(C(=O)OC(C)(C)C)C1.I. The number of hydrogen-bond donors (Lipinski definition) is 2. The van der Waals surface area contributed by atoms with Gasteiger partial charge in [0.25, 0.3) is 0 Å². The van der Waals surface area contributed by atoms with Crippen molar-refractivity contribution in [3.05, 3.63) is 35.4 Å². The lowest BCUT2D eigenvalue weighted by atomic mass is 10.1. The maximum atomic E-state index is 12.5. The van der Waals surface area contributed by atoms with Crippen LogP contribution in [0.5, 0.6) is 0 Å². The summed E-state index contributed by atoms with van der Waals surface area (Å²) in [6.45, 7) is 11.5. The standard InChI is InChI=1S/C23H35N5O3.HI/c1-5-24-21(26-19-15-28(16-19)22(30)31-23(2,3)4)25-12-8-11-20(29)27-13-17-9-6-7-10-18(17)14-27;/h6-7,9-10,19H,5,8,11-16H2,1-4H3,(H2,24,25,26);1H. The first-order chi connectivity index (χ1) is 14.7. The molecule has 0 atom stereocenters. The van der Waals surface area contributed by atoms with Crippen molar-refractivity contribution < 1.29 is 14.3 Å². The van der Waals surface area contributed by atoms with E-state index in [2.05, 4.69) is 27.8 Å².